The van der Waals surface area contributed by atoms with Crippen molar-refractivity contribution < 1.29 is 18.0 Å². The minimum Gasteiger partial charge on any atom is -0.349 e. The van der Waals surface area contributed by atoms with Crippen molar-refractivity contribution in [3.8, 4) is 11.1 Å². The molecule has 0 saturated carbocycles. The number of rotatable bonds is 1. The molecule has 0 spiro atoms. The summed E-state index contributed by atoms with van der Waals surface area (Å²) in [6.07, 6.45) is 0. The van der Waals surface area contributed by atoms with E-state index in [9.17, 15) is 18.0 Å². The second kappa shape index (κ2) is 5.12. The molecule has 2 heterocycles. The van der Waals surface area contributed by atoms with Gasteiger partial charge < -0.3 is 9.88 Å². The molecule has 0 saturated heterocycles. The first-order chi connectivity index (χ1) is 11.4. The zero-order valence-corrected chi connectivity index (χ0v) is 12.7. The van der Waals surface area contributed by atoms with Gasteiger partial charge in [-0.25, -0.2) is 13.2 Å². The van der Waals surface area contributed by atoms with Gasteiger partial charge in [0.05, 0.1) is 5.52 Å². The van der Waals surface area contributed by atoms with E-state index in [-0.39, 0.29) is 17.5 Å². The lowest BCUT2D eigenvalue weighted by atomic mass is 10.0. The molecule has 0 fully saturated rings. The van der Waals surface area contributed by atoms with Gasteiger partial charge in [0.25, 0.3) is 5.91 Å². The summed E-state index contributed by atoms with van der Waals surface area (Å²) >= 11 is 0. The molecule has 3 aromatic rings. The fraction of sp³-hybridized carbons (Fsp3) is 0.167. The van der Waals surface area contributed by atoms with Crippen LogP contribution in [0.15, 0.2) is 36.4 Å². The summed E-state index contributed by atoms with van der Waals surface area (Å²) in [6, 6.07) is 7.18. The number of hydrogen-bond acceptors (Lipinski definition) is 1. The van der Waals surface area contributed by atoms with Crippen molar-refractivity contribution in [1.29, 1.82) is 0 Å². The van der Waals surface area contributed by atoms with Crippen LogP contribution < -0.4 is 5.32 Å². The molecule has 1 atom stereocenters. The Balaban J connectivity index is 2.10. The molecule has 1 aliphatic rings. The van der Waals surface area contributed by atoms with E-state index in [0.717, 1.165) is 18.2 Å². The Morgan fingerprint density at radius 1 is 1.00 bits per heavy atom. The fourth-order valence-corrected chi connectivity index (χ4v) is 3.32. The van der Waals surface area contributed by atoms with E-state index in [4.69, 9.17) is 0 Å². The van der Waals surface area contributed by atoms with Crippen LogP contribution in [0.1, 0.15) is 23.5 Å². The third-order valence-electron chi connectivity index (χ3n) is 4.30. The molecule has 24 heavy (non-hydrogen) atoms. The molecule has 1 N–H and O–H groups in total. The van der Waals surface area contributed by atoms with Crippen LogP contribution in [0.5, 0.6) is 0 Å². The van der Waals surface area contributed by atoms with E-state index in [1.807, 2.05) is 6.92 Å². The summed E-state index contributed by atoms with van der Waals surface area (Å²) in [5, 5.41) is 3.29. The second-order valence-electron chi connectivity index (χ2n) is 6.01. The van der Waals surface area contributed by atoms with Crippen LogP contribution in [0.2, 0.25) is 0 Å². The minimum atomic E-state index is -0.737. The molecule has 1 aromatic heterocycles. The molecule has 0 bridgehead atoms. The largest absolute Gasteiger partial charge is 0.349 e. The van der Waals surface area contributed by atoms with Gasteiger partial charge in [0, 0.05) is 29.6 Å². The third-order valence-corrected chi connectivity index (χ3v) is 4.30. The van der Waals surface area contributed by atoms with Crippen molar-refractivity contribution in [1.82, 2.24) is 9.88 Å². The van der Waals surface area contributed by atoms with Gasteiger partial charge in [-0.15, -0.1) is 0 Å². The number of hydrogen-bond donors (Lipinski definition) is 1. The Morgan fingerprint density at radius 3 is 2.38 bits per heavy atom. The number of fused-ring (bicyclic) bond motifs is 3. The highest BCUT2D eigenvalue weighted by Gasteiger charge is 2.26. The predicted octanol–water partition coefficient (Wildman–Crippen LogP) is 4.03. The Hall–Kier alpha value is -2.76. The molecular weight excluding hydrogens is 317 g/mol. The van der Waals surface area contributed by atoms with Crippen molar-refractivity contribution >= 4 is 16.8 Å². The highest BCUT2D eigenvalue weighted by atomic mass is 19.1. The molecule has 2 aromatic carbocycles. The molecule has 0 unspecified atom stereocenters. The Morgan fingerprint density at radius 2 is 1.67 bits per heavy atom. The van der Waals surface area contributed by atoms with Crippen LogP contribution in [-0.2, 0) is 0 Å². The first kappa shape index (κ1) is 14.8. The molecule has 1 amide bonds. The summed E-state index contributed by atoms with van der Waals surface area (Å²) in [6.45, 7) is 2.35. The van der Waals surface area contributed by atoms with Gasteiger partial charge in [-0.2, -0.15) is 0 Å². The first-order valence-electron chi connectivity index (χ1n) is 7.53. The second-order valence-corrected chi connectivity index (χ2v) is 6.01. The summed E-state index contributed by atoms with van der Waals surface area (Å²) < 4.78 is 43.1. The highest BCUT2D eigenvalue weighted by molar-refractivity contribution is 6.04. The number of carbonyl (C=O) groups is 1. The maximum absolute atomic E-state index is 14.0. The summed E-state index contributed by atoms with van der Waals surface area (Å²) in [4.78, 5) is 12.1. The van der Waals surface area contributed by atoms with Crippen LogP contribution >= 0.6 is 0 Å². The van der Waals surface area contributed by atoms with Crippen molar-refractivity contribution in [2.24, 2.45) is 0 Å². The van der Waals surface area contributed by atoms with Crippen LogP contribution in [0.25, 0.3) is 22.0 Å². The topological polar surface area (TPSA) is 34.0 Å². The number of amides is 1. The van der Waals surface area contributed by atoms with Gasteiger partial charge >= 0.3 is 0 Å². The number of halogens is 3. The Kier molecular flexibility index (Phi) is 3.16. The van der Waals surface area contributed by atoms with Crippen LogP contribution in [0, 0.1) is 17.5 Å². The molecule has 122 valence electrons. The van der Waals surface area contributed by atoms with E-state index in [1.165, 1.54) is 12.1 Å². The average Bonchev–Trinajstić information content (AvgIpc) is 2.89. The van der Waals surface area contributed by atoms with Crippen LogP contribution in [0.3, 0.4) is 0 Å². The van der Waals surface area contributed by atoms with Crippen molar-refractivity contribution in [2.45, 2.75) is 13.0 Å². The van der Waals surface area contributed by atoms with Gasteiger partial charge in [-0.1, -0.05) is 0 Å². The molecule has 6 heteroatoms. The molecule has 1 aliphatic heterocycles. The summed E-state index contributed by atoms with van der Waals surface area (Å²) in [5.41, 5.74) is 1.60. The fourth-order valence-electron chi connectivity index (χ4n) is 3.32. The van der Waals surface area contributed by atoms with E-state index in [2.05, 4.69) is 5.32 Å². The normalized spacial score (nSPS) is 17.0. The summed E-state index contributed by atoms with van der Waals surface area (Å²) in [7, 11) is 0. The maximum Gasteiger partial charge on any atom is 0.268 e. The minimum absolute atomic E-state index is 0.0576. The van der Waals surface area contributed by atoms with Crippen molar-refractivity contribution in [3.63, 3.8) is 0 Å². The van der Waals surface area contributed by atoms with E-state index in [0.29, 0.717) is 28.7 Å². The number of nitrogens with zero attached hydrogens (tertiary/aromatic N) is 1. The molecule has 3 nitrogen and oxygen atoms in total. The van der Waals surface area contributed by atoms with Gasteiger partial charge in [0.15, 0.2) is 0 Å². The monoisotopic (exact) mass is 330 g/mol. The third kappa shape index (κ3) is 2.18. The molecule has 0 aliphatic carbocycles. The van der Waals surface area contributed by atoms with Gasteiger partial charge in [-0.3, -0.25) is 4.79 Å². The molecule has 4 rings (SSSR count). The lowest BCUT2D eigenvalue weighted by Crippen LogP contribution is -2.37. The smallest absolute Gasteiger partial charge is 0.268 e. The highest BCUT2D eigenvalue weighted by Crippen LogP contribution is 2.36. The molecule has 0 radical (unpaired) electrons. The SMILES string of the molecule is C[C@@H]1CNC(=O)c2cc3cc(F)cc(-c4cc(F)cc(F)c4)c3n21. The predicted molar refractivity (Wildman–Crippen MR) is 84.3 cm³/mol. The van der Waals surface area contributed by atoms with Gasteiger partial charge in [0.1, 0.15) is 23.1 Å². The molecular formula is C18H13F3N2O. The number of nitrogens with one attached hydrogen (secondary N) is 1. The van der Waals surface area contributed by atoms with Crippen molar-refractivity contribution in [3.05, 3.63) is 59.5 Å². The number of aromatic nitrogens is 1. The van der Waals surface area contributed by atoms with Gasteiger partial charge in [-0.05, 0) is 42.8 Å². The Bertz CT molecular complexity index is 973. The van der Waals surface area contributed by atoms with E-state index in [1.54, 1.807) is 10.6 Å². The van der Waals surface area contributed by atoms with Crippen LogP contribution in [0.4, 0.5) is 13.2 Å². The average molecular weight is 330 g/mol. The zero-order chi connectivity index (χ0) is 17.0. The summed E-state index contributed by atoms with van der Waals surface area (Å²) in [5.74, 6) is -2.25. The lowest BCUT2D eigenvalue weighted by molar-refractivity contribution is 0.0919. The van der Waals surface area contributed by atoms with Gasteiger partial charge in [0.2, 0.25) is 0 Å². The quantitative estimate of drug-likeness (QED) is 0.718. The van der Waals surface area contributed by atoms with Crippen LogP contribution in [-0.4, -0.2) is 17.0 Å². The number of benzene rings is 2. The number of carbonyl (C=O) groups excluding carboxylic acids is 1. The standard InChI is InChI=1S/C18H13F3N2O/c1-9-8-22-18(24)16-5-11-4-14(21)7-15(17(11)23(9)16)10-2-12(19)6-13(20)3-10/h2-7,9H,8H2,1H3,(H,22,24)/t9-/m1/s1. The first-order valence-corrected chi connectivity index (χ1v) is 7.53. The zero-order valence-electron chi connectivity index (χ0n) is 12.7. The van der Waals surface area contributed by atoms with E-state index >= 15 is 0 Å². The van der Waals surface area contributed by atoms with E-state index < -0.39 is 17.5 Å². The maximum atomic E-state index is 14.0. The Labute approximate surface area is 135 Å². The lowest BCUT2D eigenvalue weighted by Gasteiger charge is -2.25. The van der Waals surface area contributed by atoms with Crippen molar-refractivity contribution in [2.75, 3.05) is 6.54 Å².